The third kappa shape index (κ3) is 1.02. The lowest BCUT2D eigenvalue weighted by Crippen LogP contribution is -1.86. The zero-order chi connectivity index (χ0) is 5.33. The SMILES string of the molecule is OS1(O)[C]=NC=C1. The summed E-state index contributed by atoms with van der Waals surface area (Å²) in [5.74, 6) is 0. The Balaban J connectivity index is 2.77. The van der Waals surface area contributed by atoms with Gasteiger partial charge in [-0.25, -0.2) is 4.99 Å². The summed E-state index contributed by atoms with van der Waals surface area (Å²) in [6.07, 6.45) is 1.31. The first kappa shape index (κ1) is 4.83. The van der Waals surface area contributed by atoms with Crippen LogP contribution in [0.25, 0.3) is 0 Å². The maximum atomic E-state index is 8.54. The van der Waals surface area contributed by atoms with E-state index in [1.807, 2.05) is 0 Å². The molecule has 0 atom stereocenters. The van der Waals surface area contributed by atoms with Crippen LogP contribution < -0.4 is 0 Å². The lowest BCUT2D eigenvalue weighted by molar-refractivity contribution is 0.517. The molecule has 1 heterocycles. The van der Waals surface area contributed by atoms with E-state index in [0.717, 1.165) is 0 Å². The molecule has 1 aliphatic heterocycles. The van der Waals surface area contributed by atoms with Crippen molar-refractivity contribution in [2.45, 2.75) is 0 Å². The van der Waals surface area contributed by atoms with E-state index in [1.54, 1.807) is 0 Å². The zero-order valence-corrected chi connectivity index (χ0v) is 4.22. The number of hydrogen-bond donors (Lipinski definition) is 2. The van der Waals surface area contributed by atoms with Crippen LogP contribution in [0.5, 0.6) is 0 Å². The Bertz CT molecular complexity index is 115. The fraction of sp³-hybridized carbons (Fsp3) is 0. The molecule has 0 saturated carbocycles. The minimum Gasteiger partial charge on any atom is -0.289 e. The molecular formula is C3H4NO2S. The van der Waals surface area contributed by atoms with Gasteiger partial charge in [-0.2, -0.15) is 0 Å². The third-order valence-corrected chi connectivity index (χ3v) is 1.39. The van der Waals surface area contributed by atoms with Crippen LogP contribution in [0.1, 0.15) is 0 Å². The highest BCUT2D eigenvalue weighted by Crippen LogP contribution is 2.39. The molecule has 0 spiro atoms. The van der Waals surface area contributed by atoms with E-state index in [0.29, 0.717) is 0 Å². The van der Waals surface area contributed by atoms with Crippen molar-refractivity contribution in [2.24, 2.45) is 4.99 Å². The Hall–Kier alpha value is -0.320. The average molecular weight is 118 g/mol. The predicted molar refractivity (Wildman–Crippen MR) is 29.4 cm³/mol. The summed E-state index contributed by atoms with van der Waals surface area (Å²) in [4.78, 5) is 3.34. The zero-order valence-electron chi connectivity index (χ0n) is 3.40. The van der Waals surface area contributed by atoms with Gasteiger partial charge in [-0.05, 0) is 0 Å². The van der Waals surface area contributed by atoms with E-state index in [4.69, 9.17) is 9.11 Å². The Morgan fingerprint density at radius 1 is 1.57 bits per heavy atom. The van der Waals surface area contributed by atoms with Gasteiger partial charge in [-0.3, -0.25) is 9.11 Å². The van der Waals surface area contributed by atoms with Crippen molar-refractivity contribution >= 4 is 16.1 Å². The number of hydrogen-bond acceptors (Lipinski definition) is 3. The van der Waals surface area contributed by atoms with Crippen molar-refractivity contribution in [3.05, 3.63) is 11.6 Å². The minimum atomic E-state index is -2.64. The molecule has 0 aromatic rings. The van der Waals surface area contributed by atoms with Gasteiger partial charge in [-0.1, -0.05) is 0 Å². The van der Waals surface area contributed by atoms with Crippen molar-refractivity contribution in [2.75, 3.05) is 0 Å². The van der Waals surface area contributed by atoms with Crippen LogP contribution in [0.3, 0.4) is 0 Å². The maximum absolute atomic E-state index is 8.54. The second kappa shape index (κ2) is 1.33. The van der Waals surface area contributed by atoms with Crippen LogP contribution in [0.4, 0.5) is 0 Å². The number of rotatable bonds is 0. The lowest BCUT2D eigenvalue weighted by Gasteiger charge is -2.15. The van der Waals surface area contributed by atoms with E-state index in [-0.39, 0.29) is 0 Å². The monoisotopic (exact) mass is 118 g/mol. The second-order valence-corrected chi connectivity index (χ2v) is 2.74. The minimum absolute atomic E-state index is 1.22. The molecule has 0 saturated heterocycles. The predicted octanol–water partition coefficient (Wildman–Crippen LogP) is 1.13. The molecule has 0 fully saturated rings. The molecule has 0 aliphatic carbocycles. The summed E-state index contributed by atoms with van der Waals surface area (Å²) in [7, 11) is -2.64. The largest absolute Gasteiger partial charge is 0.289 e. The molecule has 1 rings (SSSR count). The van der Waals surface area contributed by atoms with Crippen LogP contribution in [0, 0.1) is 0 Å². The van der Waals surface area contributed by atoms with E-state index >= 15 is 0 Å². The molecule has 0 amide bonds. The van der Waals surface area contributed by atoms with Crippen molar-refractivity contribution in [1.82, 2.24) is 0 Å². The Labute approximate surface area is 42.7 Å². The summed E-state index contributed by atoms with van der Waals surface area (Å²) in [6.45, 7) is 0. The van der Waals surface area contributed by atoms with E-state index in [1.165, 1.54) is 11.6 Å². The van der Waals surface area contributed by atoms with Crippen LogP contribution in [0.15, 0.2) is 16.6 Å². The second-order valence-electron chi connectivity index (χ2n) is 1.10. The van der Waals surface area contributed by atoms with Crippen molar-refractivity contribution in [1.29, 1.82) is 0 Å². The molecule has 1 radical (unpaired) electrons. The quantitative estimate of drug-likeness (QED) is 0.501. The molecule has 1 aliphatic rings. The van der Waals surface area contributed by atoms with Gasteiger partial charge in [0.1, 0.15) is 0 Å². The summed E-state index contributed by atoms with van der Waals surface area (Å²) < 4.78 is 17.1. The van der Waals surface area contributed by atoms with E-state index < -0.39 is 10.6 Å². The number of nitrogens with zero attached hydrogens (tertiary/aromatic N) is 1. The fourth-order valence-corrected chi connectivity index (χ4v) is 0.761. The molecule has 3 nitrogen and oxygen atoms in total. The van der Waals surface area contributed by atoms with Crippen LogP contribution in [-0.2, 0) is 0 Å². The van der Waals surface area contributed by atoms with E-state index in [2.05, 4.69) is 10.5 Å². The molecule has 4 heteroatoms. The first-order valence-electron chi connectivity index (χ1n) is 1.62. The van der Waals surface area contributed by atoms with Gasteiger partial charge in [0, 0.05) is 11.6 Å². The van der Waals surface area contributed by atoms with Crippen LogP contribution >= 0.6 is 10.6 Å². The topological polar surface area (TPSA) is 52.8 Å². The van der Waals surface area contributed by atoms with Crippen LogP contribution in [0.2, 0.25) is 0 Å². The summed E-state index contributed by atoms with van der Waals surface area (Å²) >= 11 is 0. The molecule has 0 unspecified atom stereocenters. The van der Waals surface area contributed by atoms with Crippen molar-refractivity contribution < 1.29 is 9.11 Å². The Morgan fingerprint density at radius 3 is 2.43 bits per heavy atom. The van der Waals surface area contributed by atoms with Gasteiger partial charge >= 0.3 is 0 Å². The molecule has 39 valence electrons. The van der Waals surface area contributed by atoms with Gasteiger partial charge in [0.05, 0.1) is 0 Å². The Kier molecular flexibility index (Phi) is 0.916. The van der Waals surface area contributed by atoms with Gasteiger partial charge in [0.25, 0.3) is 0 Å². The molecule has 2 N–H and O–H groups in total. The van der Waals surface area contributed by atoms with Gasteiger partial charge in [0.15, 0.2) is 5.55 Å². The maximum Gasteiger partial charge on any atom is 0.193 e. The molecule has 0 aromatic heterocycles. The highest BCUT2D eigenvalue weighted by molar-refractivity contribution is 8.37. The van der Waals surface area contributed by atoms with Crippen LogP contribution in [-0.4, -0.2) is 14.7 Å². The third-order valence-electron chi connectivity index (χ3n) is 0.512. The molecular weight excluding hydrogens is 114 g/mol. The summed E-state index contributed by atoms with van der Waals surface area (Å²) in [5, 5.41) is 1.22. The fourth-order valence-electron chi connectivity index (χ4n) is 0.254. The summed E-state index contributed by atoms with van der Waals surface area (Å²) in [6, 6.07) is 0. The normalized spacial score (nSPS) is 28.3. The van der Waals surface area contributed by atoms with Crippen molar-refractivity contribution in [3.8, 4) is 0 Å². The molecule has 0 aromatic carbocycles. The smallest absolute Gasteiger partial charge is 0.193 e. The number of aliphatic imine (C=N–C) groups is 1. The highest BCUT2D eigenvalue weighted by Gasteiger charge is 2.06. The van der Waals surface area contributed by atoms with Gasteiger partial charge in [0.2, 0.25) is 0 Å². The highest BCUT2D eigenvalue weighted by atomic mass is 32.3. The molecule has 0 bridgehead atoms. The average Bonchev–Trinajstić information content (AvgIpc) is 1.84. The van der Waals surface area contributed by atoms with E-state index in [9.17, 15) is 0 Å². The van der Waals surface area contributed by atoms with Gasteiger partial charge in [-0.15, -0.1) is 10.6 Å². The Morgan fingerprint density at radius 2 is 2.29 bits per heavy atom. The molecule has 7 heavy (non-hydrogen) atoms. The summed E-state index contributed by atoms with van der Waals surface area (Å²) in [5.41, 5.74) is 2.10. The first-order chi connectivity index (χ1) is 3.21. The van der Waals surface area contributed by atoms with Gasteiger partial charge < -0.3 is 0 Å². The lowest BCUT2D eigenvalue weighted by atomic mass is 11.1. The van der Waals surface area contributed by atoms with Crippen molar-refractivity contribution in [3.63, 3.8) is 0 Å². The first-order valence-corrected chi connectivity index (χ1v) is 3.23. The standard InChI is InChI=1S/C3H4NO2S/c5-7(6)2-1-4-3-7/h1-2,5-6H.